The minimum Gasteiger partial charge on any atom is -0.385 e. The van der Waals surface area contributed by atoms with Gasteiger partial charge < -0.3 is 15.4 Å². The first-order valence-electron chi connectivity index (χ1n) is 7.52. The van der Waals surface area contributed by atoms with E-state index in [9.17, 15) is 0 Å². The molecule has 0 fully saturated rings. The summed E-state index contributed by atoms with van der Waals surface area (Å²) >= 11 is 0. The molecule has 0 radical (unpaired) electrons. The van der Waals surface area contributed by atoms with Gasteiger partial charge in [-0.3, -0.25) is 0 Å². The predicted octanol–water partition coefficient (Wildman–Crippen LogP) is 3.59. The van der Waals surface area contributed by atoms with Crippen molar-refractivity contribution in [2.45, 2.75) is 27.2 Å². The first-order chi connectivity index (χ1) is 10.6. The van der Waals surface area contributed by atoms with Crippen LogP contribution in [0.5, 0.6) is 0 Å². The van der Waals surface area contributed by atoms with Gasteiger partial charge >= 0.3 is 0 Å². The quantitative estimate of drug-likeness (QED) is 0.765. The molecule has 0 aliphatic carbocycles. The second kappa shape index (κ2) is 7.75. The summed E-state index contributed by atoms with van der Waals surface area (Å²) in [5.74, 6) is 1.44. The van der Waals surface area contributed by atoms with E-state index in [-0.39, 0.29) is 0 Å². The Balaban J connectivity index is 2.10. The third-order valence-corrected chi connectivity index (χ3v) is 3.54. The van der Waals surface area contributed by atoms with Gasteiger partial charge in [-0.15, -0.1) is 0 Å². The van der Waals surface area contributed by atoms with E-state index in [1.165, 1.54) is 11.1 Å². The number of aromatic nitrogens is 2. The first-order valence-corrected chi connectivity index (χ1v) is 7.52. The number of methoxy groups -OCH3 is 1. The summed E-state index contributed by atoms with van der Waals surface area (Å²) in [4.78, 5) is 8.98. The lowest BCUT2D eigenvalue weighted by Crippen LogP contribution is -2.08. The Hall–Kier alpha value is -2.14. The van der Waals surface area contributed by atoms with Crippen LogP contribution >= 0.6 is 0 Å². The van der Waals surface area contributed by atoms with Crippen LogP contribution in [0.4, 0.5) is 17.5 Å². The number of nitrogens with zero attached hydrogens (tertiary/aromatic N) is 2. The third kappa shape index (κ3) is 4.43. The molecule has 22 heavy (non-hydrogen) atoms. The fourth-order valence-corrected chi connectivity index (χ4v) is 2.15. The van der Waals surface area contributed by atoms with Crippen molar-refractivity contribution in [1.82, 2.24) is 9.97 Å². The van der Waals surface area contributed by atoms with Crippen LogP contribution in [0.2, 0.25) is 0 Å². The molecule has 0 aliphatic rings. The number of nitrogens with one attached hydrogen (secondary N) is 2. The fourth-order valence-electron chi connectivity index (χ4n) is 2.15. The van der Waals surface area contributed by atoms with E-state index in [0.29, 0.717) is 5.95 Å². The Kier molecular flexibility index (Phi) is 5.72. The maximum atomic E-state index is 5.05. The molecular weight excluding hydrogens is 276 g/mol. The number of aryl methyl sites for hydroxylation is 2. The van der Waals surface area contributed by atoms with Gasteiger partial charge in [0.05, 0.1) is 0 Å². The molecular formula is C17H24N4O. The van der Waals surface area contributed by atoms with Crippen LogP contribution in [0.3, 0.4) is 0 Å². The van der Waals surface area contributed by atoms with Gasteiger partial charge in [-0.25, -0.2) is 4.98 Å². The Labute approximate surface area is 132 Å². The van der Waals surface area contributed by atoms with E-state index < -0.39 is 0 Å². The summed E-state index contributed by atoms with van der Waals surface area (Å²) in [7, 11) is 1.71. The van der Waals surface area contributed by atoms with Crippen LogP contribution < -0.4 is 10.6 Å². The highest BCUT2D eigenvalue weighted by molar-refractivity contribution is 5.61. The number of rotatable bonds is 7. The molecule has 0 unspecified atom stereocenters. The molecule has 0 saturated heterocycles. The van der Waals surface area contributed by atoms with Gasteiger partial charge in [-0.1, -0.05) is 12.1 Å². The van der Waals surface area contributed by atoms with Crippen LogP contribution in [0.1, 0.15) is 23.2 Å². The second-order valence-electron chi connectivity index (χ2n) is 5.36. The maximum Gasteiger partial charge on any atom is 0.229 e. The highest BCUT2D eigenvalue weighted by Crippen LogP contribution is 2.21. The summed E-state index contributed by atoms with van der Waals surface area (Å²) in [5.41, 5.74) is 4.42. The van der Waals surface area contributed by atoms with Gasteiger partial charge in [-0.05, 0) is 44.4 Å². The van der Waals surface area contributed by atoms with Crippen molar-refractivity contribution >= 4 is 17.5 Å². The van der Waals surface area contributed by atoms with Crippen molar-refractivity contribution in [1.29, 1.82) is 0 Å². The van der Waals surface area contributed by atoms with Crippen LogP contribution in [0, 0.1) is 20.8 Å². The zero-order valence-electron chi connectivity index (χ0n) is 13.7. The third-order valence-electron chi connectivity index (χ3n) is 3.54. The van der Waals surface area contributed by atoms with Gasteiger partial charge in [0.25, 0.3) is 0 Å². The topological polar surface area (TPSA) is 59.1 Å². The highest BCUT2D eigenvalue weighted by atomic mass is 16.5. The van der Waals surface area contributed by atoms with E-state index in [0.717, 1.165) is 36.8 Å². The van der Waals surface area contributed by atoms with Gasteiger partial charge in [0, 0.05) is 37.7 Å². The molecule has 2 rings (SSSR count). The molecule has 2 aromatic rings. The second-order valence-corrected chi connectivity index (χ2v) is 5.36. The molecule has 1 heterocycles. The zero-order chi connectivity index (χ0) is 15.9. The van der Waals surface area contributed by atoms with Gasteiger partial charge in [0.15, 0.2) is 0 Å². The van der Waals surface area contributed by atoms with Crippen molar-refractivity contribution in [3.63, 3.8) is 0 Å². The molecule has 0 bridgehead atoms. The fraction of sp³-hybridized carbons (Fsp3) is 0.412. The summed E-state index contributed by atoms with van der Waals surface area (Å²) in [5, 5.41) is 6.61. The van der Waals surface area contributed by atoms with Crippen molar-refractivity contribution in [3.8, 4) is 0 Å². The lowest BCUT2D eigenvalue weighted by atomic mass is 10.1. The summed E-state index contributed by atoms with van der Waals surface area (Å²) in [6.07, 6.45) is 0.944. The SMILES string of the molecule is COCCCNc1cc(C)nc(Nc2cccc(C)c2C)n1. The van der Waals surface area contributed by atoms with E-state index >= 15 is 0 Å². The number of anilines is 3. The number of ether oxygens (including phenoxy) is 1. The number of hydrogen-bond donors (Lipinski definition) is 2. The van der Waals surface area contributed by atoms with E-state index in [2.05, 4.69) is 40.5 Å². The number of benzene rings is 1. The van der Waals surface area contributed by atoms with Crippen molar-refractivity contribution < 1.29 is 4.74 Å². The van der Waals surface area contributed by atoms with Crippen LogP contribution in [-0.4, -0.2) is 30.2 Å². The number of hydrogen-bond acceptors (Lipinski definition) is 5. The molecule has 0 spiro atoms. The maximum absolute atomic E-state index is 5.05. The van der Waals surface area contributed by atoms with Crippen LogP contribution in [0.25, 0.3) is 0 Å². The lowest BCUT2D eigenvalue weighted by molar-refractivity contribution is 0.198. The average molecular weight is 300 g/mol. The van der Waals surface area contributed by atoms with Crippen molar-refractivity contribution in [2.75, 3.05) is 30.9 Å². The predicted molar refractivity (Wildman–Crippen MR) is 91.0 cm³/mol. The normalized spacial score (nSPS) is 10.5. The Morgan fingerprint density at radius 2 is 1.95 bits per heavy atom. The highest BCUT2D eigenvalue weighted by Gasteiger charge is 2.05. The summed E-state index contributed by atoms with van der Waals surface area (Å²) in [6, 6.07) is 8.12. The van der Waals surface area contributed by atoms with Crippen LogP contribution in [0.15, 0.2) is 24.3 Å². The molecule has 0 amide bonds. The molecule has 0 saturated carbocycles. The molecule has 118 valence electrons. The van der Waals surface area contributed by atoms with Gasteiger partial charge in [-0.2, -0.15) is 4.98 Å². The zero-order valence-corrected chi connectivity index (χ0v) is 13.7. The first kappa shape index (κ1) is 16.2. The summed E-state index contributed by atoms with van der Waals surface area (Å²) in [6.45, 7) is 7.73. The molecule has 0 atom stereocenters. The van der Waals surface area contributed by atoms with Crippen molar-refractivity contribution in [3.05, 3.63) is 41.1 Å². The van der Waals surface area contributed by atoms with Crippen molar-refractivity contribution in [2.24, 2.45) is 0 Å². The smallest absolute Gasteiger partial charge is 0.229 e. The summed E-state index contributed by atoms with van der Waals surface area (Å²) < 4.78 is 5.05. The molecule has 0 aliphatic heterocycles. The molecule has 5 heteroatoms. The largest absolute Gasteiger partial charge is 0.385 e. The lowest BCUT2D eigenvalue weighted by Gasteiger charge is -2.12. The molecule has 1 aromatic heterocycles. The van der Waals surface area contributed by atoms with Gasteiger partial charge in [0.2, 0.25) is 5.95 Å². The molecule has 1 aromatic carbocycles. The van der Waals surface area contributed by atoms with Gasteiger partial charge in [0.1, 0.15) is 5.82 Å². The minimum absolute atomic E-state index is 0.614. The van der Waals surface area contributed by atoms with E-state index in [1.807, 2.05) is 25.1 Å². The Morgan fingerprint density at radius 3 is 2.73 bits per heavy atom. The van der Waals surface area contributed by atoms with E-state index in [4.69, 9.17) is 4.74 Å². The molecule has 2 N–H and O–H groups in total. The monoisotopic (exact) mass is 300 g/mol. The standard InChI is InChI=1S/C17H24N4O/c1-12-7-5-8-15(14(12)3)20-17-19-13(2)11-16(21-17)18-9-6-10-22-4/h5,7-8,11H,6,9-10H2,1-4H3,(H2,18,19,20,21). The minimum atomic E-state index is 0.614. The molecule has 5 nitrogen and oxygen atoms in total. The Bertz CT molecular complexity index is 628. The Morgan fingerprint density at radius 1 is 1.14 bits per heavy atom. The average Bonchev–Trinajstić information content (AvgIpc) is 2.48. The van der Waals surface area contributed by atoms with E-state index in [1.54, 1.807) is 7.11 Å². The van der Waals surface area contributed by atoms with Crippen LogP contribution in [-0.2, 0) is 4.74 Å².